The zero-order valence-corrected chi connectivity index (χ0v) is 21.4. The van der Waals surface area contributed by atoms with Crippen LogP contribution in [-0.2, 0) is 20.6 Å². The van der Waals surface area contributed by atoms with Crippen molar-refractivity contribution in [1.82, 2.24) is 0 Å². The van der Waals surface area contributed by atoms with Gasteiger partial charge in [0.05, 0.1) is 13.2 Å². The van der Waals surface area contributed by atoms with Crippen molar-refractivity contribution in [2.75, 3.05) is 13.2 Å². The van der Waals surface area contributed by atoms with E-state index in [0.29, 0.717) is 11.8 Å². The van der Waals surface area contributed by atoms with Gasteiger partial charge in [-0.2, -0.15) is 0 Å². The van der Waals surface area contributed by atoms with Crippen LogP contribution in [0.4, 0.5) is 0 Å². The summed E-state index contributed by atoms with van der Waals surface area (Å²) in [6, 6.07) is 6.22. The molecule has 2 aliphatic heterocycles. The third-order valence-corrected chi connectivity index (χ3v) is 6.70. The molecule has 2 aromatic rings. The van der Waals surface area contributed by atoms with E-state index in [-0.39, 0.29) is 11.3 Å². The maximum atomic E-state index is 12.0. The highest BCUT2D eigenvalue weighted by atomic mass is 16.8. The van der Waals surface area contributed by atoms with Crippen LogP contribution in [0.5, 0.6) is 5.75 Å². The first-order chi connectivity index (χ1) is 18.5. The molecule has 10 atom stereocenters. The molecule has 0 amide bonds. The maximum Gasteiger partial charge on any atom is 0.336 e. The molecule has 7 N–H and O–H groups in total. The maximum absolute atomic E-state index is 12.0. The molecule has 0 unspecified atom stereocenters. The lowest BCUT2D eigenvalue weighted by atomic mass is 9.97. The zero-order chi connectivity index (χ0) is 28.4. The topological polar surface area (TPSA) is 209 Å². The minimum Gasteiger partial charge on any atom is -0.458 e. The Morgan fingerprint density at radius 1 is 0.872 bits per heavy atom. The first kappa shape index (κ1) is 29.6. The lowest BCUT2D eigenvalue weighted by Crippen LogP contribution is -2.65. The van der Waals surface area contributed by atoms with Crippen molar-refractivity contribution < 1.29 is 59.1 Å². The van der Waals surface area contributed by atoms with Crippen LogP contribution in [0.15, 0.2) is 45.1 Å². The minimum absolute atomic E-state index is 0.0371. The number of ether oxygens (including phenoxy) is 4. The molecule has 13 heteroatoms. The van der Waals surface area contributed by atoms with Gasteiger partial charge < -0.3 is 59.1 Å². The molecule has 216 valence electrons. The fourth-order valence-electron chi connectivity index (χ4n) is 4.49. The average molecular weight is 555 g/mol. The summed E-state index contributed by atoms with van der Waals surface area (Å²) in [6.07, 6.45) is -13.5. The van der Waals surface area contributed by atoms with Crippen LogP contribution >= 0.6 is 0 Å². The molecule has 0 spiro atoms. The molecule has 2 fully saturated rings. The molecule has 4 rings (SSSR count). The van der Waals surface area contributed by atoms with E-state index in [1.54, 1.807) is 12.1 Å². The second kappa shape index (κ2) is 12.4. The zero-order valence-electron chi connectivity index (χ0n) is 21.4. The van der Waals surface area contributed by atoms with Gasteiger partial charge in [-0.3, -0.25) is 0 Å². The highest BCUT2D eigenvalue weighted by Gasteiger charge is 2.51. The van der Waals surface area contributed by atoms with Crippen LogP contribution in [0, 0.1) is 0 Å². The predicted octanol–water partition coefficient (Wildman–Crippen LogP) is -1.70. The van der Waals surface area contributed by atoms with Crippen molar-refractivity contribution in [1.29, 1.82) is 0 Å². The Kier molecular flexibility index (Phi) is 9.39. The molecule has 0 radical (unpaired) electrons. The second-order valence-corrected chi connectivity index (χ2v) is 9.87. The van der Waals surface area contributed by atoms with Gasteiger partial charge in [-0.15, -0.1) is 0 Å². The first-order valence-corrected chi connectivity index (χ1v) is 12.5. The molecule has 13 nitrogen and oxygen atoms in total. The van der Waals surface area contributed by atoms with E-state index in [1.165, 1.54) is 6.07 Å². The van der Waals surface area contributed by atoms with Gasteiger partial charge in [0, 0.05) is 11.5 Å². The van der Waals surface area contributed by atoms with E-state index in [4.69, 9.17) is 23.4 Å². The summed E-state index contributed by atoms with van der Waals surface area (Å²) in [5, 5.41) is 71.7. The molecule has 0 saturated carbocycles. The van der Waals surface area contributed by atoms with E-state index in [1.807, 2.05) is 26.0 Å². The van der Waals surface area contributed by atoms with Crippen molar-refractivity contribution in [3.63, 3.8) is 0 Å². The van der Waals surface area contributed by atoms with E-state index in [9.17, 15) is 40.5 Å². The van der Waals surface area contributed by atoms with Gasteiger partial charge >= 0.3 is 5.63 Å². The van der Waals surface area contributed by atoms with Gasteiger partial charge in [-0.05, 0) is 44.0 Å². The van der Waals surface area contributed by atoms with Crippen molar-refractivity contribution in [2.45, 2.75) is 81.7 Å². The summed E-state index contributed by atoms with van der Waals surface area (Å²) in [5.74, 6) is 0.0371. The summed E-state index contributed by atoms with van der Waals surface area (Å²) >= 11 is 0. The van der Waals surface area contributed by atoms with Crippen LogP contribution in [-0.4, -0.2) is 110 Å². The number of allylic oxidation sites excluding steroid dienone is 2. The summed E-state index contributed by atoms with van der Waals surface area (Å²) < 4.78 is 28.2. The molecular weight excluding hydrogens is 520 g/mol. The normalized spacial score (nSPS) is 35.1. The van der Waals surface area contributed by atoms with Gasteiger partial charge in [0.1, 0.15) is 42.7 Å². The predicted molar refractivity (Wildman–Crippen MR) is 133 cm³/mol. The number of hydrogen-bond acceptors (Lipinski definition) is 13. The Balaban J connectivity index is 1.70. The lowest BCUT2D eigenvalue weighted by Gasteiger charge is -2.45. The van der Waals surface area contributed by atoms with Crippen molar-refractivity contribution in [2.24, 2.45) is 0 Å². The summed E-state index contributed by atoms with van der Waals surface area (Å²) in [5.41, 5.74) is 1.28. The Labute approximate surface area is 223 Å². The molecule has 0 bridgehead atoms. The van der Waals surface area contributed by atoms with Crippen LogP contribution in [0.25, 0.3) is 11.0 Å². The van der Waals surface area contributed by atoms with Gasteiger partial charge in [-0.25, -0.2) is 4.79 Å². The molecular formula is C26H34O13. The Morgan fingerprint density at radius 2 is 1.51 bits per heavy atom. The van der Waals surface area contributed by atoms with E-state index < -0.39 is 80.3 Å². The number of benzene rings is 1. The van der Waals surface area contributed by atoms with Crippen LogP contribution < -0.4 is 10.4 Å². The molecule has 1 aromatic carbocycles. The summed E-state index contributed by atoms with van der Waals surface area (Å²) in [7, 11) is 0. The second-order valence-electron chi connectivity index (χ2n) is 9.87. The largest absolute Gasteiger partial charge is 0.458 e. The summed E-state index contributed by atoms with van der Waals surface area (Å²) in [4.78, 5) is 12.0. The van der Waals surface area contributed by atoms with E-state index in [2.05, 4.69) is 0 Å². The fraction of sp³-hybridized carbons (Fsp3) is 0.577. The van der Waals surface area contributed by atoms with Crippen LogP contribution in [0.3, 0.4) is 0 Å². The lowest BCUT2D eigenvalue weighted by molar-refractivity contribution is -0.357. The van der Waals surface area contributed by atoms with Gasteiger partial charge in [0.15, 0.2) is 23.7 Å². The quantitative estimate of drug-likeness (QED) is 0.144. The molecule has 0 aliphatic carbocycles. The number of rotatable bonds is 8. The number of fused-ring (bicyclic) bond motifs is 1. The minimum atomic E-state index is -1.81. The third kappa shape index (κ3) is 6.33. The Bertz CT molecular complexity index is 1210. The van der Waals surface area contributed by atoms with Crippen LogP contribution in [0.1, 0.15) is 19.4 Å². The molecule has 39 heavy (non-hydrogen) atoms. The van der Waals surface area contributed by atoms with E-state index >= 15 is 0 Å². The summed E-state index contributed by atoms with van der Waals surface area (Å²) in [6.45, 7) is 2.47. The molecule has 2 aliphatic rings. The molecule has 1 aromatic heterocycles. The first-order valence-electron chi connectivity index (χ1n) is 12.5. The Hall–Kier alpha value is -2.43. The smallest absolute Gasteiger partial charge is 0.336 e. The number of aliphatic hydroxyl groups excluding tert-OH is 7. The third-order valence-electron chi connectivity index (χ3n) is 6.70. The van der Waals surface area contributed by atoms with E-state index in [0.717, 1.165) is 11.1 Å². The van der Waals surface area contributed by atoms with Gasteiger partial charge in [0.2, 0.25) is 6.29 Å². The monoisotopic (exact) mass is 554 g/mol. The fourth-order valence-corrected chi connectivity index (χ4v) is 4.49. The highest BCUT2D eigenvalue weighted by molar-refractivity contribution is 5.83. The molecule has 2 saturated heterocycles. The molecule has 3 heterocycles. The van der Waals surface area contributed by atoms with Gasteiger partial charge in [-0.1, -0.05) is 11.6 Å². The Morgan fingerprint density at radius 3 is 2.15 bits per heavy atom. The number of hydrogen-bond donors (Lipinski definition) is 7. The van der Waals surface area contributed by atoms with Crippen molar-refractivity contribution >= 4 is 11.0 Å². The van der Waals surface area contributed by atoms with Crippen LogP contribution in [0.2, 0.25) is 0 Å². The van der Waals surface area contributed by atoms with Gasteiger partial charge in [0.25, 0.3) is 0 Å². The average Bonchev–Trinajstić information content (AvgIpc) is 2.91. The van der Waals surface area contributed by atoms with Crippen molar-refractivity contribution in [3.05, 3.63) is 51.9 Å². The standard InChI is InChI=1S/C26H34O13/c1-11(2)3-4-12-7-13-5-6-17(29)38-23(13)14(8-12)35-26-24(21(33)19(31)16(10-28)37-26)39-25-22(34)20(32)18(30)15(9-27)36-25/h3,5-8,15-16,18-22,24-28,30-34H,4,9-10H2,1-2H3/t15-,16-,18-,19-,20+,21+,22-,24-,25+,26-/m1/s1. The number of aliphatic hydroxyl groups is 7. The SMILES string of the molecule is CC(C)=CCc1cc(O[C@@H]2O[C@H](CO)[C@@H](O)[C@H](O)[C@H]2O[C@@H]2O[C@H](CO)[C@@H](O)[C@H](O)[C@H]2O)c2oc(=O)ccc2c1. The highest BCUT2D eigenvalue weighted by Crippen LogP contribution is 2.34. The van der Waals surface area contributed by atoms with Crippen molar-refractivity contribution in [3.8, 4) is 5.75 Å².